The van der Waals surface area contributed by atoms with E-state index in [2.05, 4.69) is 0 Å². The lowest BCUT2D eigenvalue weighted by Crippen LogP contribution is -2.20. The Balaban J connectivity index is 3.21. The molecule has 0 aromatic carbocycles. The molecule has 0 aliphatic rings. The minimum absolute atomic E-state index is 0.000459. The molecule has 0 saturated carbocycles. The molecule has 0 radical (unpaired) electrons. The normalized spacial score (nSPS) is 13.5. The molecule has 10 heavy (non-hydrogen) atoms. The summed E-state index contributed by atoms with van der Waals surface area (Å²) in [5, 5.41) is 8.36. The quantitative estimate of drug-likeness (QED) is 0.466. The van der Waals surface area contributed by atoms with Crippen molar-refractivity contribution in [1.29, 1.82) is 0 Å². The van der Waals surface area contributed by atoms with Gasteiger partial charge in [-0.05, 0) is 6.92 Å². The maximum Gasteiger partial charge on any atom is 0.171 e. The van der Waals surface area contributed by atoms with Crippen molar-refractivity contribution < 1.29 is 14.6 Å². The van der Waals surface area contributed by atoms with Crippen molar-refractivity contribution in [2.75, 3.05) is 25.7 Å². The summed E-state index contributed by atoms with van der Waals surface area (Å²) in [4.78, 5) is 0. The molecule has 0 aliphatic heterocycles. The van der Waals surface area contributed by atoms with Gasteiger partial charge in [0, 0.05) is 6.61 Å². The van der Waals surface area contributed by atoms with Crippen LogP contribution in [0.5, 0.6) is 0 Å². The number of alkyl halides is 1. The summed E-state index contributed by atoms with van der Waals surface area (Å²) < 4.78 is 10.0. The summed E-state index contributed by atoms with van der Waals surface area (Å²) in [5.41, 5.74) is 0. The summed E-state index contributed by atoms with van der Waals surface area (Å²) >= 11 is 5.45. The maximum absolute atomic E-state index is 8.36. The first-order valence-electron chi connectivity index (χ1n) is 3.25. The second-order valence-electron chi connectivity index (χ2n) is 1.63. The van der Waals surface area contributed by atoms with Crippen LogP contribution in [0.3, 0.4) is 0 Å². The van der Waals surface area contributed by atoms with Crippen LogP contribution in [0.1, 0.15) is 6.92 Å². The lowest BCUT2D eigenvalue weighted by molar-refractivity contribution is -0.130. The lowest BCUT2D eigenvalue weighted by atomic mass is 10.7. The molecule has 0 aromatic heterocycles. The smallest absolute Gasteiger partial charge is 0.171 e. The topological polar surface area (TPSA) is 38.7 Å². The number of ether oxygens (including phenoxy) is 2. The summed E-state index contributed by atoms with van der Waals surface area (Å²) in [6.07, 6.45) is -0.376. The molecule has 62 valence electrons. The monoisotopic (exact) mass is 168 g/mol. The summed E-state index contributed by atoms with van der Waals surface area (Å²) in [5.74, 6) is 0.299. The molecule has 0 fully saturated rings. The van der Waals surface area contributed by atoms with Gasteiger partial charge in [-0.2, -0.15) is 0 Å². The third kappa shape index (κ3) is 4.99. The van der Waals surface area contributed by atoms with Crippen LogP contribution in [0, 0.1) is 0 Å². The van der Waals surface area contributed by atoms with E-state index in [0.29, 0.717) is 12.5 Å². The van der Waals surface area contributed by atoms with Crippen LogP contribution in [-0.2, 0) is 9.47 Å². The van der Waals surface area contributed by atoms with Crippen LogP contribution in [0.25, 0.3) is 0 Å². The van der Waals surface area contributed by atoms with Crippen molar-refractivity contribution in [3.05, 3.63) is 0 Å². The molecule has 1 unspecified atom stereocenters. The van der Waals surface area contributed by atoms with E-state index in [1.807, 2.05) is 6.92 Å². The number of halogens is 1. The highest BCUT2D eigenvalue weighted by atomic mass is 35.5. The number of aliphatic hydroxyl groups is 1. The Bertz CT molecular complexity index is 70.0. The molecule has 0 aliphatic carbocycles. The summed E-state index contributed by atoms with van der Waals surface area (Å²) in [6, 6.07) is 0. The van der Waals surface area contributed by atoms with Gasteiger partial charge in [-0.25, -0.2) is 0 Å². The molecule has 1 atom stereocenters. The molecular formula is C6H13ClO3. The number of hydrogen-bond acceptors (Lipinski definition) is 3. The molecule has 0 saturated heterocycles. The van der Waals surface area contributed by atoms with E-state index in [1.54, 1.807) is 0 Å². The fourth-order valence-electron chi connectivity index (χ4n) is 0.507. The van der Waals surface area contributed by atoms with Crippen LogP contribution in [0.4, 0.5) is 0 Å². The van der Waals surface area contributed by atoms with Gasteiger partial charge in [0.05, 0.1) is 19.1 Å². The van der Waals surface area contributed by atoms with Crippen molar-refractivity contribution in [2.24, 2.45) is 0 Å². The Labute approximate surface area is 65.9 Å². The van der Waals surface area contributed by atoms with Gasteiger partial charge < -0.3 is 14.6 Å². The van der Waals surface area contributed by atoms with Gasteiger partial charge in [0.15, 0.2) is 6.29 Å². The van der Waals surface area contributed by atoms with Crippen molar-refractivity contribution in [3.63, 3.8) is 0 Å². The average molecular weight is 169 g/mol. The van der Waals surface area contributed by atoms with E-state index >= 15 is 0 Å². The van der Waals surface area contributed by atoms with E-state index in [4.69, 9.17) is 26.2 Å². The first kappa shape index (κ1) is 10.2. The average Bonchev–Trinajstić information content (AvgIpc) is 1.98. The molecule has 0 heterocycles. The van der Waals surface area contributed by atoms with Gasteiger partial charge in [0.25, 0.3) is 0 Å². The van der Waals surface area contributed by atoms with Crippen molar-refractivity contribution in [2.45, 2.75) is 13.2 Å². The number of rotatable bonds is 6. The van der Waals surface area contributed by atoms with Gasteiger partial charge in [-0.3, -0.25) is 0 Å². The van der Waals surface area contributed by atoms with E-state index in [0.717, 1.165) is 0 Å². The zero-order chi connectivity index (χ0) is 7.82. The Morgan fingerprint density at radius 1 is 1.50 bits per heavy atom. The Morgan fingerprint density at radius 3 is 2.60 bits per heavy atom. The predicted octanol–water partition coefficient (Wildman–Crippen LogP) is 0.597. The van der Waals surface area contributed by atoms with Crippen molar-refractivity contribution in [1.82, 2.24) is 0 Å². The molecule has 3 nitrogen and oxygen atoms in total. The molecule has 0 aromatic rings. The van der Waals surface area contributed by atoms with Gasteiger partial charge in [0.2, 0.25) is 0 Å². The second-order valence-corrected chi connectivity index (χ2v) is 1.94. The third-order valence-electron chi connectivity index (χ3n) is 0.874. The van der Waals surface area contributed by atoms with Crippen LogP contribution < -0.4 is 0 Å². The zero-order valence-electron chi connectivity index (χ0n) is 6.05. The van der Waals surface area contributed by atoms with E-state index < -0.39 is 0 Å². The minimum Gasteiger partial charge on any atom is -0.394 e. The molecule has 0 bridgehead atoms. The largest absolute Gasteiger partial charge is 0.394 e. The highest BCUT2D eigenvalue weighted by molar-refractivity contribution is 6.18. The predicted molar refractivity (Wildman–Crippen MR) is 39.2 cm³/mol. The van der Waals surface area contributed by atoms with Crippen molar-refractivity contribution >= 4 is 11.6 Å². The van der Waals surface area contributed by atoms with Crippen LogP contribution in [-0.4, -0.2) is 37.1 Å². The number of aliphatic hydroxyl groups excluding tert-OH is 1. The summed E-state index contributed by atoms with van der Waals surface area (Å²) in [7, 11) is 0. The van der Waals surface area contributed by atoms with E-state index in [1.165, 1.54) is 0 Å². The second kappa shape index (κ2) is 7.28. The summed E-state index contributed by atoms with van der Waals surface area (Å²) in [6.45, 7) is 2.71. The molecule has 0 rings (SSSR count). The highest BCUT2D eigenvalue weighted by Gasteiger charge is 2.04. The first-order chi connectivity index (χ1) is 4.85. The minimum atomic E-state index is -0.376. The van der Waals surface area contributed by atoms with Gasteiger partial charge in [0.1, 0.15) is 0 Å². The SMILES string of the molecule is CCOC(CCl)OCCO. The van der Waals surface area contributed by atoms with E-state index in [-0.39, 0.29) is 19.5 Å². The van der Waals surface area contributed by atoms with Crippen LogP contribution in [0.15, 0.2) is 0 Å². The Morgan fingerprint density at radius 2 is 2.20 bits per heavy atom. The van der Waals surface area contributed by atoms with Crippen LogP contribution in [0.2, 0.25) is 0 Å². The zero-order valence-corrected chi connectivity index (χ0v) is 6.80. The molecular weight excluding hydrogens is 156 g/mol. The molecule has 0 amide bonds. The maximum atomic E-state index is 8.36. The van der Waals surface area contributed by atoms with Crippen molar-refractivity contribution in [3.8, 4) is 0 Å². The Hall–Kier alpha value is 0.170. The first-order valence-corrected chi connectivity index (χ1v) is 3.78. The third-order valence-corrected chi connectivity index (χ3v) is 1.13. The number of hydrogen-bond donors (Lipinski definition) is 1. The van der Waals surface area contributed by atoms with Gasteiger partial charge >= 0.3 is 0 Å². The van der Waals surface area contributed by atoms with Gasteiger partial charge in [-0.1, -0.05) is 0 Å². The standard InChI is InChI=1S/C6H13ClO3/c1-2-9-6(5-7)10-4-3-8/h6,8H,2-5H2,1H3. The molecule has 0 spiro atoms. The van der Waals surface area contributed by atoms with E-state index in [9.17, 15) is 0 Å². The fraction of sp³-hybridized carbons (Fsp3) is 1.00. The molecule has 1 N–H and O–H groups in total. The van der Waals surface area contributed by atoms with Gasteiger partial charge in [-0.15, -0.1) is 11.6 Å². The highest BCUT2D eigenvalue weighted by Crippen LogP contribution is 1.96. The molecule has 4 heteroatoms. The van der Waals surface area contributed by atoms with Crippen LogP contribution >= 0.6 is 11.6 Å². The Kier molecular flexibility index (Phi) is 7.40. The lowest BCUT2D eigenvalue weighted by Gasteiger charge is -2.13. The fourth-order valence-corrected chi connectivity index (χ4v) is 0.685.